The molecule has 2 aliphatic rings. The summed E-state index contributed by atoms with van der Waals surface area (Å²) < 4.78 is 2.13. The zero-order chi connectivity index (χ0) is 13.2. The van der Waals surface area contributed by atoms with E-state index in [-0.39, 0.29) is 18.0 Å². The number of nitrogens with one attached hydrogen (secondary N) is 1. The second kappa shape index (κ2) is 5.37. The van der Waals surface area contributed by atoms with Crippen LogP contribution in [0.1, 0.15) is 61.5 Å². The average molecular weight is 261 g/mol. The molecule has 0 aromatic carbocycles. The van der Waals surface area contributed by atoms with Crippen molar-refractivity contribution < 1.29 is 4.79 Å². The van der Waals surface area contributed by atoms with Gasteiger partial charge in [0.05, 0.1) is 0 Å². The number of carbonyl (C=O) groups is 1. The minimum absolute atomic E-state index is 0.0410. The maximum atomic E-state index is 12.4. The van der Waals surface area contributed by atoms with Crippen LogP contribution in [-0.2, 0) is 0 Å². The minimum atomic E-state index is 0.0410. The van der Waals surface area contributed by atoms with Gasteiger partial charge >= 0.3 is 0 Å². The van der Waals surface area contributed by atoms with E-state index in [2.05, 4.69) is 9.88 Å². The third-order valence-electron chi connectivity index (χ3n) is 4.62. The Hall–Kier alpha value is -1.29. The van der Waals surface area contributed by atoms with Gasteiger partial charge in [-0.15, -0.1) is 0 Å². The van der Waals surface area contributed by atoms with Crippen LogP contribution in [-0.4, -0.2) is 22.6 Å². The summed E-state index contributed by atoms with van der Waals surface area (Å²) in [6.07, 6.45) is 10.1. The summed E-state index contributed by atoms with van der Waals surface area (Å²) >= 11 is 0. The Kier molecular flexibility index (Phi) is 3.60. The summed E-state index contributed by atoms with van der Waals surface area (Å²) in [4.78, 5) is 12.4. The fourth-order valence-electron chi connectivity index (χ4n) is 3.15. The van der Waals surface area contributed by atoms with Gasteiger partial charge < -0.3 is 15.6 Å². The van der Waals surface area contributed by atoms with Crippen LogP contribution < -0.4 is 11.1 Å². The van der Waals surface area contributed by atoms with E-state index in [1.165, 1.54) is 32.1 Å². The number of nitrogens with zero attached hydrogens (tertiary/aromatic N) is 1. The van der Waals surface area contributed by atoms with Crippen LogP contribution in [0, 0.1) is 0 Å². The molecule has 0 saturated heterocycles. The van der Waals surface area contributed by atoms with E-state index in [0.29, 0.717) is 6.04 Å². The van der Waals surface area contributed by atoms with E-state index in [0.717, 1.165) is 18.5 Å². The molecule has 0 radical (unpaired) electrons. The van der Waals surface area contributed by atoms with Gasteiger partial charge in [-0.05, 0) is 44.2 Å². The highest BCUT2D eigenvalue weighted by molar-refractivity contribution is 5.93. The smallest absolute Gasteiger partial charge is 0.268 e. The van der Waals surface area contributed by atoms with Crippen LogP contribution in [0.15, 0.2) is 18.3 Å². The number of nitrogens with two attached hydrogens (primary N) is 1. The molecule has 1 amide bonds. The van der Waals surface area contributed by atoms with Crippen molar-refractivity contribution in [2.45, 2.75) is 63.1 Å². The molecule has 4 nitrogen and oxygen atoms in total. The highest BCUT2D eigenvalue weighted by Crippen LogP contribution is 2.32. The SMILES string of the molecule is N[C@@H]1CCCC[C@H]1NC(=O)c1cccn1C1CCC1. The lowest BCUT2D eigenvalue weighted by molar-refractivity contribution is 0.0906. The number of aromatic nitrogens is 1. The van der Waals surface area contributed by atoms with E-state index < -0.39 is 0 Å². The van der Waals surface area contributed by atoms with Crippen LogP contribution in [0.2, 0.25) is 0 Å². The summed E-state index contributed by atoms with van der Waals surface area (Å²) in [5.74, 6) is 0.0410. The second-order valence-corrected chi connectivity index (χ2v) is 5.91. The van der Waals surface area contributed by atoms with Crippen LogP contribution >= 0.6 is 0 Å². The molecule has 0 bridgehead atoms. The summed E-state index contributed by atoms with van der Waals surface area (Å²) in [6.45, 7) is 0. The van der Waals surface area contributed by atoms with Crippen molar-refractivity contribution >= 4 is 5.91 Å². The fraction of sp³-hybridized carbons (Fsp3) is 0.667. The van der Waals surface area contributed by atoms with Gasteiger partial charge in [0.15, 0.2) is 0 Å². The quantitative estimate of drug-likeness (QED) is 0.876. The zero-order valence-electron chi connectivity index (χ0n) is 11.3. The third-order valence-corrected chi connectivity index (χ3v) is 4.62. The lowest BCUT2D eigenvalue weighted by Gasteiger charge is -2.31. The van der Waals surface area contributed by atoms with Gasteiger partial charge in [0.2, 0.25) is 0 Å². The van der Waals surface area contributed by atoms with Gasteiger partial charge in [0, 0.05) is 24.3 Å². The Labute approximate surface area is 114 Å². The van der Waals surface area contributed by atoms with Crippen molar-refractivity contribution in [1.29, 1.82) is 0 Å². The predicted octanol–water partition coefficient (Wildman–Crippen LogP) is 2.21. The molecule has 1 aromatic rings. The summed E-state index contributed by atoms with van der Waals surface area (Å²) in [5.41, 5.74) is 6.89. The summed E-state index contributed by atoms with van der Waals surface area (Å²) in [5, 5.41) is 3.13. The molecule has 0 aliphatic heterocycles. The molecule has 1 aromatic heterocycles. The largest absolute Gasteiger partial charge is 0.346 e. The van der Waals surface area contributed by atoms with Crippen LogP contribution in [0.25, 0.3) is 0 Å². The van der Waals surface area contributed by atoms with Gasteiger partial charge in [-0.25, -0.2) is 0 Å². The zero-order valence-corrected chi connectivity index (χ0v) is 11.3. The summed E-state index contributed by atoms with van der Waals surface area (Å²) in [6, 6.07) is 4.67. The number of amides is 1. The molecule has 2 saturated carbocycles. The maximum absolute atomic E-state index is 12.4. The van der Waals surface area contributed by atoms with Gasteiger partial charge in [0.1, 0.15) is 5.69 Å². The number of carbonyl (C=O) groups excluding carboxylic acids is 1. The van der Waals surface area contributed by atoms with Gasteiger partial charge in [-0.1, -0.05) is 12.8 Å². The third kappa shape index (κ3) is 2.54. The first-order valence-electron chi connectivity index (χ1n) is 7.49. The Bertz CT molecular complexity index is 450. The molecule has 2 fully saturated rings. The van der Waals surface area contributed by atoms with Crippen molar-refractivity contribution in [1.82, 2.24) is 9.88 Å². The average Bonchev–Trinajstić information content (AvgIpc) is 2.79. The molecule has 2 aliphatic carbocycles. The summed E-state index contributed by atoms with van der Waals surface area (Å²) in [7, 11) is 0. The predicted molar refractivity (Wildman–Crippen MR) is 75.0 cm³/mol. The molecule has 104 valence electrons. The lowest BCUT2D eigenvalue weighted by atomic mass is 9.91. The van der Waals surface area contributed by atoms with Crippen molar-refractivity contribution in [2.24, 2.45) is 5.73 Å². The van der Waals surface area contributed by atoms with E-state index in [1.807, 2.05) is 18.3 Å². The highest BCUT2D eigenvalue weighted by Gasteiger charge is 2.27. The molecule has 0 unspecified atom stereocenters. The van der Waals surface area contributed by atoms with E-state index in [4.69, 9.17) is 5.73 Å². The lowest BCUT2D eigenvalue weighted by Crippen LogP contribution is -2.49. The Balaban J connectivity index is 1.68. The maximum Gasteiger partial charge on any atom is 0.268 e. The van der Waals surface area contributed by atoms with Gasteiger partial charge in [-0.3, -0.25) is 4.79 Å². The standard InChI is InChI=1S/C15H23N3O/c16-12-7-1-2-8-13(12)17-15(19)14-9-4-10-18(14)11-5-3-6-11/h4,9-13H,1-3,5-8,16H2,(H,17,19)/t12-,13-/m1/s1. The molecule has 3 N–H and O–H groups in total. The molecular formula is C15H23N3O. The molecule has 4 heteroatoms. The Morgan fingerprint density at radius 1 is 1.21 bits per heavy atom. The molecule has 0 spiro atoms. The monoisotopic (exact) mass is 261 g/mol. The second-order valence-electron chi connectivity index (χ2n) is 5.91. The van der Waals surface area contributed by atoms with E-state index in [1.54, 1.807) is 0 Å². The number of hydrogen-bond acceptors (Lipinski definition) is 2. The Morgan fingerprint density at radius 3 is 2.68 bits per heavy atom. The first-order chi connectivity index (χ1) is 9.25. The molecule has 2 atom stereocenters. The first kappa shape index (κ1) is 12.7. The van der Waals surface area contributed by atoms with Crippen molar-refractivity contribution in [3.8, 4) is 0 Å². The highest BCUT2D eigenvalue weighted by atomic mass is 16.2. The molecule has 1 heterocycles. The van der Waals surface area contributed by atoms with Gasteiger partial charge in [-0.2, -0.15) is 0 Å². The number of rotatable bonds is 3. The first-order valence-corrected chi connectivity index (χ1v) is 7.49. The van der Waals surface area contributed by atoms with E-state index in [9.17, 15) is 4.79 Å². The molecular weight excluding hydrogens is 238 g/mol. The number of hydrogen-bond donors (Lipinski definition) is 2. The van der Waals surface area contributed by atoms with Crippen LogP contribution in [0.5, 0.6) is 0 Å². The van der Waals surface area contributed by atoms with Crippen molar-refractivity contribution in [3.63, 3.8) is 0 Å². The topological polar surface area (TPSA) is 60.0 Å². The van der Waals surface area contributed by atoms with Gasteiger partial charge in [0.25, 0.3) is 5.91 Å². The fourth-order valence-corrected chi connectivity index (χ4v) is 3.15. The van der Waals surface area contributed by atoms with Crippen LogP contribution in [0.3, 0.4) is 0 Å². The molecule has 19 heavy (non-hydrogen) atoms. The van der Waals surface area contributed by atoms with Crippen molar-refractivity contribution in [2.75, 3.05) is 0 Å². The van der Waals surface area contributed by atoms with Crippen molar-refractivity contribution in [3.05, 3.63) is 24.0 Å². The van der Waals surface area contributed by atoms with Crippen LogP contribution in [0.4, 0.5) is 0 Å². The minimum Gasteiger partial charge on any atom is -0.346 e. The normalized spacial score (nSPS) is 27.8. The Morgan fingerprint density at radius 2 is 2.00 bits per heavy atom. The molecule has 3 rings (SSSR count). The van der Waals surface area contributed by atoms with E-state index >= 15 is 0 Å².